The molecule has 1 amide bonds. The van der Waals surface area contributed by atoms with Crippen LogP contribution in [0, 0.1) is 11.7 Å². The molecular weight excluding hydrogens is 533 g/mol. The molecule has 1 N–H and O–H groups in total. The minimum atomic E-state index is -4.36. The van der Waals surface area contributed by atoms with Gasteiger partial charge in [0, 0.05) is 24.8 Å². The van der Waals surface area contributed by atoms with Gasteiger partial charge in [0.25, 0.3) is 10.0 Å². The number of carbonyl (C=O) groups is 1. The lowest BCUT2D eigenvalue weighted by molar-refractivity contribution is -0.120. The summed E-state index contributed by atoms with van der Waals surface area (Å²) in [6, 6.07) is 17.1. The van der Waals surface area contributed by atoms with Crippen LogP contribution in [-0.4, -0.2) is 48.2 Å². The molecule has 3 aromatic rings. The van der Waals surface area contributed by atoms with Crippen LogP contribution in [0.1, 0.15) is 38.3 Å². The number of piperidine rings is 1. The summed E-state index contributed by atoms with van der Waals surface area (Å²) in [4.78, 5) is 15.4. The van der Waals surface area contributed by atoms with Crippen LogP contribution in [0.2, 0.25) is 0 Å². The molecule has 1 heterocycles. The first-order valence-electron chi connectivity index (χ1n) is 13.3. The van der Waals surface area contributed by atoms with Crippen molar-refractivity contribution >= 4 is 27.3 Å². The van der Waals surface area contributed by atoms with Crippen molar-refractivity contribution < 1.29 is 27.1 Å². The highest BCUT2D eigenvalue weighted by Gasteiger charge is 2.30. The quantitative estimate of drug-likeness (QED) is 0.363. The summed E-state index contributed by atoms with van der Waals surface area (Å²) >= 11 is 0. The average molecular weight is 570 g/mol. The predicted octanol–water partition coefficient (Wildman–Crippen LogP) is 5.15. The molecule has 0 saturated carbocycles. The Morgan fingerprint density at radius 2 is 1.68 bits per heavy atom. The Hall–Kier alpha value is -3.79. The number of carbonyl (C=O) groups excluding carboxylic acids is 1. The molecule has 0 aliphatic carbocycles. The van der Waals surface area contributed by atoms with E-state index in [1.165, 1.54) is 63.5 Å². The minimum absolute atomic E-state index is 0.169. The summed E-state index contributed by atoms with van der Waals surface area (Å²) in [5.41, 5.74) is 1.78. The van der Waals surface area contributed by atoms with Gasteiger partial charge >= 0.3 is 0 Å². The Balaban J connectivity index is 1.54. The molecule has 10 heteroatoms. The van der Waals surface area contributed by atoms with Gasteiger partial charge in [-0.3, -0.25) is 9.10 Å². The van der Waals surface area contributed by atoms with Gasteiger partial charge in [0.2, 0.25) is 5.91 Å². The van der Waals surface area contributed by atoms with Crippen molar-refractivity contribution in [2.45, 2.75) is 37.6 Å². The van der Waals surface area contributed by atoms with Crippen LogP contribution >= 0.6 is 0 Å². The first kappa shape index (κ1) is 29.2. The summed E-state index contributed by atoms with van der Waals surface area (Å²) < 4.78 is 53.5. The zero-order valence-corrected chi connectivity index (χ0v) is 24.1. The Kier molecular flexibility index (Phi) is 9.19. The molecule has 0 aromatic heterocycles. The van der Waals surface area contributed by atoms with Gasteiger partial charge in [-0.2, -0.15) is 0 Å². The van der Waals surface area contributed by atoms with E-state index in [0.29, 0.717) is 5.75 Å². The number of nitrogens with zero attached hydrogens (tertiary/aromatic N) is 2. The van der Waals surface area contributed by atoms with Gasteiger partial charge in [0.15, 0.2) is 11.5 Å². The molecule has 3 aromatic carbocycles. The third kappa shape index (κ3) is 6.50. The molecule has 4 rings (SSSR count). The molecule has 1 unspecified atom stereocenters. The van der Waals surface area contributed by atoms with Crippen molar-refractivity contribution in [2.75, 3.05) is 43.1 Å². The first-order chi connectivity index (χ1) is 19.1. The molecule has 0 spiro atoms. The van der Waals surface area contributed by atoms with Crippen molar-refractivity contribution in [2.24, 2.45) is 5.92 Å². The molecule has 214 valence electrons. The molecule has 0 radical (unpaired) electrons. The van der Waals surface area contributed by atoms with E-state index in [0.717, 1.165) is 40.6 Å². The number of amides is 1. The van der Waals surface area contributed by atoms with E-state index in [4.69, 9.17) is 9.47 Å². The largest absolute Gasteiger partial charge is 0.493 e. The zero-order valence-electron chi connectivity index (χ0n) is 23.3. The van der Waals surface area contributed by atoms with Crippen LogP contribution < -0.4 is 24.0 Å². The first-order valence-corrected chi connectivity index (χ1v) is 14.7. The number of ether oxygens (including phenoxy) is 2. The Labute approximate surface area is 235 Å². The summed E-state index contributed by atoms with van der Waals surface area (Å²) in [6.45, 7) is 5.52. The highest BCUT2D eigenvalue weighted by atomic mass is 32.2. The summed E-state index contributed by atoms with van der Waals surface area (Å²) in [5, 5.41) is 2.86. The van der Waals surface area contributed by atoms with Crippen LogP contribution in [0.25, 0.3) is 0 Å². The van der Waals surface area contributed by atoms with E-state index in [1.54, 1.807) is 0 Å². The molecule has 1 saturated heterocycles. The van der Waals surface area contributed by atoms with E-state index in [-0.39, 0.29) is 16.3 Å². The van der Waals surface area contributed by atoms with Gasteiger partial charge in [-0.25, -0.2) is 12.8 Å². The van der Waals surface area contributed by atoms with Crippen LogP contribution in [0.3, 0.4) is 0 Å². The minimum Gasteiger partial charge on any atom is -0.493 e. The average Bonchev–Trinajstić information content (AvgIpc) is 2.96. The lowest BCUT2D eigenvalue weighted by Crippen LogP contribution is -2.42. The van der Waals surface area contributed by atoms with Gasteiger partial charge in [-0.1, -0.05) is 31.2 Å². The lowest BCUT2D eigenvalue weighted by Gasteiger charge is -2.32. The second kappa shape index (κ2) is 12.6. The van der Waals surface area contributed by atoms with E-state index in [9.17, 15) is 17.6 Å². The maximum Gasteiger partial charge on any atom is 0.265 e. The molecule has 8 nitrogen and oxygen atoms in total. The van der Waals surface area contributed by atoms with Crippen LogP contribution in [0.4, 0.5) is 15.8 Å². The number of sulfonamides is 1. The molecule has 1 fully saturated rings. The maximum atomic E-state index is 14.9. The Bertz CT molecular complexity index is 1420. The molecule has 1 atom stereocenters. The molecule has 1 aliphatic rings. The summed E-state index contributed by atoms with van der Waals surface area (Å²) in [5.74, 6) is -0.0711. The van der Waals surface area contributed by atoms with Gasteiger partial charge in [0.1, 0.15) is 12.4 Å². The van der Waals surface area contributed by atoms with Crippen LogP contribution in [0.15, 0.2) is 71.6 Å². The van der Waals surface area contributed by atoms with Gasteiger partial charge in [-0.15, -0.1) is 0 Å². The summed E-state index contributed by atoms with van der Waals surface area (Å²) in [6.07, 6.45) is 2.33. The third-order valence-electron chi connectivity index (χ3n) is 7.27. The highest BCUT2D eigenvalue weighted by molar-refractivity contribution is 7.92. The zero-order chi connectivity index (χ0) is 28.9. The van der Waals surface area contributed by atoms with Gasteiger partial charge in [0.05, 0.1) is 30.8 Å². The van der Waals surface area contributed by atoms with Crippen LogP contribution in [0.5, 0.6) is 11.5 Å². The summed E-state index contributed by atoms with van der Waals surface area (Å²) in [7, 11) is -1.54. The fourth-order valence-electron chi connectivity index (χ4n) is 4.80. The second-order valence-corrected chi connectivity index (χ2v) is 11.9. The fourth-order valence-corrected chi connectivity index (χ4v) is 6.24. The monoisotopic (exact) mass is 569 g/mol. The fraction of sp³-hybridized carbons (Fsp3) is 0.367. The van der Waals surface area contributed by atoms with Crippen molar-refractivity contribution in [3.8, 4) is 11.5 Å². The standard InChI is InChI=1S/C30H36FN3O5S/c1-21-15-17-33(18-16-21)24-11-9-23(10-12-24)22(2)32-30(35)20-34(27-8-6-5-7-26(27)31)40(36,37)25-13-14-28(38-3)29(19-25)39-4/h5-14,19,21-22H,15-18,20H2,1-4H3,(H,32,35). The lowest BCUT2D eigenvalue weighted by atomic mass is 9.98. The number of anilines is 2. The number of hydrogen-bond acceptors (Lipinski definition) is 6. The van der Waals surface area contributed by atoms with Gasteiger partial charge < -0.3 is 19.7 Å². The second-order valence-electron chi connectivity index (χ2n) is 10.0. The van der Waals surface area contributed by atoms with Crippen LogP contribution in [-0.2, 0) is 14.8 Å². The molecule has 0 bridgehead atoms. The number of benzene rings is 3. The molecule has 40 heavy (non-hydrogen) atoms. The van der Waals surface area contributed by atoms with E-state index in [1.807, 2.05) is 31.2 Å². The SMILES string of the molecule is COc1ccc(S(=O)(=O)N(CC(=O)NC(C)c2ccc(N3CCC(C)CC3)cc2)c2ccccc2F)cc1OC. The molecule has 1 aliphatic heterocycles. The number of methoxy groups -OCH3 is 2. The maximum absolute atomic E-state index is 14.9. The van der Waals surface area contributed by atoms with E-state index >= 15 is 0 Å². The third-order valence-corrected chi connectivity index (χ3v) is 9.03. The Morgan fingerprint density at radius 1 is 1.02 bits per heavy atom. The number of nitrogens with one attached hydrogen (secondary N) is 1. The smallest absolute Gasteiger partial charge is 0.265 e. The number of rotatable bonds is 10. The van der Waals surface area contributed by atoms with E-state index in [2.05, 4.69) is 17.1 Å². The predicted molar refractivity (Wildman–Crippen MR) is 154 cm³/mol. The van der Waals surface area contributed by atoms with Crippen molar-refractivity contribution in [3.05, 3.63) is 78.1 Å². The normalized spacial score (nSPS) is 14.9. The topological polar surface area (TPSA) is 88.2 Å². The van der Waals surface area contributed by atoms with Crippen molar-refractivity contribution in [1.82, 2.24) is 5.32 Å². The number of halogens is 1. The molecular formula is C30H36FN3O5S. The van der Waals surface area contributed by atoms with Crippen molar-refractivity contribution in [1.29, 1.82) is 0 Å². The van der Waals surface area contributed by atoms with Crippen molar-refractivity contribution in [3.63, 3.8) is 0 Å². The Morgan fingerprint density at radius 3 is 2.30 bits per heavy atom. The number of hydrogen-bond donors (Lipinski definition) is 1. The van der Waals surface area contributed by atoms with Gasteiger partial charge in [-0.05, 0) is 67.6 Å². The highest BCUT2D eigenvalue weighted by Crippen LogP contribution is 2.33. The van der Waals surface area contributed by atoms with E-state index < -0.39 is 34.3 Å². The number of para-hydroxylation sites is 1.